The van der Waals surface area contributed by atoms with Gasteiger partial charge in [-0.15, -0.1) is 0 Å². The lowest BCUT2D eigenvalue weighted by Crippen LogP contribution is -2.22. The molecule has 0 atom stereocenters. The predicted octanol–water partition coefficient (Wildman–Crippen LogP) is 4.67. The van der Waals surface area contributed by atoms with Crippen LogP contribution in [0.5, 0.6) is 11.5 Å². The minimum atomic E-state index is -0.184. The van der Waals surface area contributed by atoms with Crippen LogP contribution < -0.4 is 9.47 Å². The molecule has 0 saturated heterocycles. The number of benzene rings is 2. The van der Waals surface area contributed by atoms with Crippen LogP contribution in [0.4, 0.5) is 0 Å². The normalized spacial score (nSPS) is 11.5. The number of aliphatic hydroxyl groups is 2. The third kappa shape index (κ3) is 4.80. The molecule has 0 bridgehead atoms. The quantitative estimate of drug-likeness (QED) is 0.539. The summed E-state index contributed by atoms with van der Waals surface area (Å²) in [4.78, 5) is 0. The fraction of sp³-hybridized carbons (Fsp3) is 0.400. The van der Waals surface area contributed by atoms with Crippen molar-refractivity contribution in [1.29, 1.82) is 0 Å². The number of ether oxygens (including phenoxy) is 2. The van der Waals surface area contributed by atoms with Gasteiger partial charge < -0.3 is 19.7 Å². The molecule has 4 nitrogen and oxygen atoms in total. The Morgan fingerprint density at radius 1 is 0.846 bits per heavy atom. The fourth-order valence-corrected chi connectivity index (χ4v) is 3.79. The SMILES string of the molecule is CCC(C)(c1ccc(OCCO)c(Br)c1)c1ccc(OCCO)c(Br)c1. The van der Waals surface area contributed by atoms with E-state index in [0.29, 0.717) is 0 Å². The summed E-state index contributed by atoms with van der Waals surface area (Å²) in [5.74, 6) is 1.44. The van der Waals surface area contributed by atoms with Gasteiger partial charge in [-0.1, -0.05) is 26.0 Å². The average Bonchev–Trinajstić information content (AvgIpc) is 2.65. The highest BCUT2D eigenvalue weighted by Crippen LogP contribution is 2.40. The van der Waals surface area contributed by atoms with E-state index in [4.69, 9.17) is 19.7 Å². The van der Waals surface area contributed by atoms with Gasteiger partial charge in [-0.25, -0.2) is 0 Å². The third-order valence-electron chi connectivity index (χ3n) is 4.54. The standard InChI is InChI=1S/C20H24Br2O4/c1-3-20(2,14-4-6-18(16(21)12-14)25-10-8-23)15-5-7-19(17(22)13-15)26-11-9-24/h4-7,12-13,23-24H,3,8-11H2,1-2H3. The Kier molecular flexibility index (Phi) is 7.95. The van der Waals surface area contributed by atoms with Crippen molar-refractivity contribution in [3.8, 4) is 11.5 Å². The molecule has 142 valence electrons. The van der Waals surface area contributed by atoms with E-state index in [9.17, 15) is 0 Å². The highest BCUT2D eigenvalue weighted by atomic mass is 79.9. The first kappa shape index (κ1) is 21.2. The van der Waals surface area contributed by atoms with Gasteiger partial charge in [-0.3, -0.25) is 0 Å². The summed E-state index contributed by atoms with van der Waals surface area (Å²) in [6.07, 6.45) is 0.916. The lowest BCUT2D eigenvalue weighted by Gasteiger charge is -2.30. The Balaban J connectivity index is 2.35. The van der Waals surface area contributed by atoms with Gasteiger partial charge >= 0.3 is 0 Å². The summed E-state index contributed by atoms with van der Waals surface area (Å²) in [7, 11) is 0. The Labute approximate surface area is 171 Å². The monoisotopic (exact) mass is 486 g/mol. The Morgan fingerprint density at radius 3 is 1.58 bits per heavy atom. The third-order valence-corrected chi connectivity index (χ3v) is 5.78. The number of halogens is 2. The second-order valence-electron chi connectivity index (χ2n) is 6.12. The predicted molar refractivity (Wildman–Crippen MR) is 110 cm³/mol. The number of aliphatic hydroxyl groups excluding tert-OH is 2. The summed E-state index contributed by atoms with van der Waals surface area (Å²) >= 11 is 7.13. The summed E-state index contributed by atoms with van der Waals surface area (Å²) in [6.45, 7) is 4.88. The molecule has 2 aromatic carbocycles. The van der Waals surface area contributed by atoms with Crippen LogP contribution in [0.25, 0.3) is 0 Å². The Bertz CT molecular complexity index is 676. The minimum Gasteiger partial charge on any atom is -0.490 e. The first-order chi connectivity index (χ1) is 12.5. The van der Waals surface area contributed by atoms with Crippen LogP contribution in [0, 0.1) is 0 Å². The van der Waals surface area contributed by atoms with E-state index >= 15 is 0 Å². The smallest absolute Gasteiger partial charge is 0.133 e. The molecule has 2 aromatic rings. The summed E-state index contributed by atoms with van der Waals surface area (Å²) in [5.41, 5.74) is 2.15. The van der Waals surface area contributed by atoms with Crippen LogP contribution in [-0.4, -0.2) is 36.6 Å². The van der Waals surface area contributed by atoms with Crippen LogP contribution in [-0.2, 0) is 5.41 Å². The van der Waals surface area contributed by atoms with Crippen LogP contribution in [0.3, 0.4) is 0 Å². The van der Waals surface area contributed by atoms with Gasteiger partial charge in [-0.05, 0) is 73.7 Å². The second kappa shape index (κ2) is 9.74. The van der Waals surface area contributed by atoms with E-state index in [1.165, 1.54) is 11.1 Å². The second-order valence-corrected chi connectivity index (χ2v) is 7.83. The molecule has 0 spiro atoms. The zero-order valence-corrected chi connectivity index (χ0v) is 18.1. The van der Waals surface area contributed by atoms with Gasteiger partial charge in [0.05, 0.1) is 22.2 Å². The molecule has 2 N–H and O–H groups in total. The van der Waals surface area contributed by atoms with Gasteiger partial charge in [0.25, 0.3) is 0 Å². The molecule has 0 unspecified atom stereocenters. The Morgan fingerprint density at radius 2 is 1.27 bits per heavy atom. The first-order valence-corrected chi connectivity index (χ1v) is 10.1. The van der Waals surface area contributed by atoms with Crippen molar-refractivity contribution in [1.82, 2.24) is 0 Å². The van der Waals surface area contributed by atoms with Gasteiger partial charge in [0, 0.05) is 5.41 Å². The molecule has 0 aliphatic carbocycles. The maximum Gasteiger partial charge on any atom is 0.133 e. The van der Waals surface area contributed by atoms with E-state index < -0.39 is 0 Å². The molecule has 0 radical (unpaired) electrons. The molecule has 0 fully saturated rings. The van der Waals surface area contributed by atoms with Crippen molar-refractivity contribution in [2.75, 3.05) is 26.4 Å². The zero-order chi connectivity index (χ0) is 19.2. The topological polar surface area (TPSA) is 58.9 Å². The summed E-state index contributed by atoms with van der Waals surface area (Å²) in [5, 5.41) is 17.8. The largest absolute Gasteiger partial charge is 0.490 e. The van der Waals surface area contributed by atoms with Crippen molar-refractivity contribution in [2.24, 2.45) is 0 Å². The summed E-state index contributed by atoms with van der Waals surface area (Å²) in [6, 6.07) is 12.1. The van der Waals surface area contributed by atoms with Gasteiger partial charge in [-0.2, -0.15) is 0 Å². The van der Waals surface area contributed by atoms with Crippen molar-refractivity contribution in [3.63, 3.8) is 0 Å². The number of rotatable bonds is 9. The fourth-order valence-electron chi connectivity index (χ4n) is 2.81. The number of hydrogen-bond donors (Lipinski definition) is 2. The maximum atomic E-state index is 8.92. The van der Waals surface area contributed by atoms with E-state index in [1.54, 1.807) is 0 Å². The van der Waals surface area contributed by atoms with Crippen molar-refractivity contribution < 1.29 is 19.7 Å². The van der Waals surface area contributed by atoms with Crippen molar-refractivity contribution >= 4 is 31.9 Å². The van der Waals surface area contributed by atoms with E-state index in [-0.39, 0.29) is 31.8 Å². The van der Waals surface area contributed by atoms with Crippen LogP contribution in [0.1, 0.15) is 31.4 Å². The molecule has 0 aliphatic heterocycles. The van der Waals surface area contributed by atoms with Crippen LogP contribution in [0.15, 0.2) is 45.3 Å². The zero-order valence-electron chi connectivity index (χ0n) is 15.0. The molecule has 0 heterocycles. The lowest BCUT2D eigenvalue weighted by atomic mass is 9.74. The van der Waals surface area contributed by atoms with Gasteiger partial charge in [0.2, 0.25) is 0 Å². The molecular formula is C20H24Br2O4. The summed E-state index contributed by atoms with van der Waals surface area (Å²) < 4.78 is 12.8. The molecule has 0 saturated carbocycles. The van der Waals surface area contributed by atoms with Crippen molar-refractivity contribution in [2.45, 2.75) is 25.7 Å². The van der Waals surface area contributed by atoms with E-state index in [2.05, 4.69) is 70.0 Å². The molecule has 2 rings (SSSR count). The minimum absolute atomic E-state index is 0.0143. The first-order valence-electron chi connectivity index (χ1n) is 8.53. The maximum absolute atomic E-state index is 8.92. The van der Waals surface area contributed by atoms with Crippen LogP contribution >= 0.6 is 31.9 Å². The Hall–Kier alpha value is -1.08. The van der Waals surface area contributed by atoms with E-state index in [1.807, 2.05) is 12.1 Å². The lowest BCUT2D eigenvalue weighted by molar-refractivity contribution is 0.200. The van der Waals surface area contributed by atoms with Gasteiger partial charge in [0.15, 0.2) is 0 Å². The molecule has 26 heavy (non-hydrogen) atoms. The highest BCUT2D eigenvalue weighted by Gasteiger charge is 2.28. The molecule has 6 heteroatoms. The van der Waals surface area contributed by atoms with Gasteiger partial charge in [0.1, 0.15) is 24.7 Å². The van der Waals surface area contributed by atoms with Crippen molar-refractivity contribution in [3.05, 3.63) is 56.5 Å². The average molecular weight is 488 g/mol. The molecule has 0 aliphatic rings. The highest BCUT2D eigenvalue weighted by molar-refractivity contribution is 9.10. The van der Waals surface area contributed by atoms with Crippen LogP contribution in [0.2, 0.25) is 0 Å². The molecule has 0 amide bonds. The molecular weight excluding hydrogens is 464 g/mol. The number of hydrogen-bond acceptors (Lipinski definition) is 4. The molecule has 0 aromatic heterocycles. The van der Waals surface area contributed by atoms with E-state index in [0.717, 1.165) is 26.9 Å².